The maximum absolute atomic E-state index is 15.1. The number of nitrogens with one attached hydrogen (secondary N) is 4. The van der Waals surface area contributed by atoms with Gasteiger partial charge in [0.2, 0.25) is 0 Å². The minimum absolute atomic E-state index is 0.159. The number of benzene rings is 2. The van der Waals surface area contributed by atoms with Gasteiger partial charge in [-0.2, -0.15) is 0 Å². The molecular weight excluding hydrogens is 560 g/mol. The molecule has 2 fully saturated rings. The van der Waals surface area contributed by atoms with Gasteiger partial charge in [0.1, 0.15) is 29.4 Å². The molecule has 3 aromatic rings. The lowest BCUT2D eigenvalue weighted by molar-refractivity contribution is 0.0916. The lowest BCUT2D eigenvalue weighted by Gasteiger charge is -2.44. The fourth-order valence-electron chi connectivity index (χ4n) is 6.00. The number of hydrogen-bond donors (Lipinski definition) is 5. The van der Waals surface area contributed by atoms with Crippen LogP contribution in [0.4, 0.5) is 19.4 Å². The summed E-state index contributed by atoms with van der Waals surface area (Å²) >= 11 is 0. The topological polar surface area (TPSA) is 141 Å². The summed E-state index contributed by atoms with van der Waals surface area (Å²) in [5, 5.41) is 21.5. The van der Waals surface area contributed by atoms with Gasteiger partial charge in [-0.15, -0.1) is 0 Å². The maximum atomic E-state index is 15.1. The fraction of sp³-hybridized carbons (Fsp3) is 0.400. The smallest absolute Gasteiger partial charge is 0.404 e. The van der Waals surface area contributed by atoms with Crippen LogP contribution in [0.25, 0.3) is 5.69 Å². The number of carbonyl (C=O) groups excluding carboxylic acids is 1. The Labute approximate surface area is 246 Å². The number of para-hydroxylation sites is 1. The molecule has 2 atom stereocenters. The first-order chi connectivity index (χ1) is 20.7. The minimum Gasteiger partial charge on any atom is -0.465 e. The third kappa shape index (κ3) is 5.69. The lowest BCUT2D eigenvalue weighted by atomic mass is 9.91. The van der Waals surface area contributed by atoms with Crippen molar-refractivity contribution < 1.29 is 23.5 Å². The van der Waals surface area contributed by atoms with E-state index in [1.807, 2.05) is 17.9 Å². The Hall–Kier alpha value is -4.36. The number of carbonyl (C=O) groups is 2. The molecule has 0 spiro atoms. The highest BCUT2D eigenvalue weighted by atomic mass is 19.1. The molecule has 1 aromatic heterocycles. The standard InChI is InChI=1S/C30H33F2N7O4/c1-16-8-9-17(27(40)34-18-4-2-5-18)14-20(16)24-21-15-33-29(41)39(25-22(31)6-3-7-23(25)32)26(21)37-28(36-24)38-12-10-19(11-13-38)35-30(42)43/h3,6-9,14-15,18-19,24,28,35-37H,2,4-5,10-13H2,1H3,(H,34,40)(H,42,43). The molecule has 2 unspecified atom stereocenters. The average Bonchev–Trinajstić information content (AvgIpc) is 2.95. The van der Waals surface area contributed by atoms with E-state index in [-0.39, 0.29) is 23.8 Å². The van der Waals surface area contributed by atoms with Crippen LogP contribution in [0.5, 0.6) is 0 Å². The molecule has 0 radical (unpaired) electrons. The van der Waals surface area contributed by atoms with Gasteiger partial charge in [0.25, 0.3) is 5.91 Å². The molecule has 0 bridgehead atoms. The Morgan fingerprint density at radius 2 is 1.70 bits per heavy atom. The number of halogens is 2. The van der Waals surface area contributed by atoms with Crippen LogP contribution in [0.15, 0.2) is 47.4 Å². The van der Waals surface area contributed by atoms with E-state index in [2.05, 4.69) is 26.3 Å². The molecule has 2 amide bonds. The molecule has 6 rings (SSSR count). The third-order valence-corrected chi connectivity index (χ3v) is 8.59. The molecule has 11 nitrogen and oxygen atoms in total. The first kappa shape index (κ1) is 28.7. The number of likely N-dealkylation sites (tertiary alicyclic amines) is 1. The van der Waals surface area contributed by atoms with E-state index in [1.54, 1.807) is 12.1 Å². The summed E-state index contributed by atoms with van der Waals surface area (Å²) in [5.74, 6) is -1.84. The largest absolute Gasteiger partial charge is 0.465 e. The van der Waals surface area contributed by atoms with Crippen molar-refractivity contribution in [2.75, 3.05) is 18.4 Å². The van der Waals surface area contributed by atoms with Crippen molar-refractivity contribution in [2.45, 2.75) is 63.4 Å². The van der Waals surface area contributed by atoms with Gasteiger partial charge >= 0.3 is 11.8 Å². The fourth-order valence-corrected chi connectivity index (χ4v) is 6.00. The second-order valence-corrected chi connectivity index (χ2v) is 11.3. The van der Waals surface area contributed by atoms with Gasteiger partial charge in [-0.05, 0) is 74.4 Å². The van der Waals surface area contributed by atoms with Crippen LogP contribution in [-0.4, -0.2) is 63.0 Å². The van der Waals surface area contributed by atoms with Crippen LogP contribution in [0.1, 0.15) is 65.2 Å². The monoisotopic (exact) mass is 593 g/mol. The highest BCUT2D eigenvalue weighted by molar-refractivity contribution is 5.94. The Balaban J connectivity index is 1.43. The second-order valence-electron chi connectivity index (χ2n) is 11.3. The number of fused-ring (bicyclic) bond motifs is 1. The van der Waals surface area contributed by atoms with Crippen LogP contribution < -0.4 is 27.0 Å². The van der Waals surface area contributed by atoms with Gasteiger partial charge < -0.3 is 21.1 Å². The summed E-state index contributed by atoms with van der Waals surface area (Å²) in [6.45, 7) is 2.91. The van der Waals surface area contributed by atoms with Crippen molar-refractivity contribution >= 4 is 17.8 Å². The second kappa shape index (κ2) is 11.7. The van der Waals surface area contributed by atoms with Gasteiger partial charge in [-0.1, -0.05) is 12.1 Å². The summed E-state index contributed by atoms with van der Waals surface area (Å²) < 4.78 is 31.1. The number of amides is 2. The zero-order chi connectivity index (χ0) is 30.2. The number of aryl methyl sites for hydroxylation is 1. The predicted molar refractivity (Wildman–Crippen MR) is 154 cm³/mol. The number of aromatic nitrogens is 2. The van der Waals surface area contributed by atoms with Gasteiger partial charge in [0.15, 0.2) is 0 Å². The third-order valence-electron chi connectivity index (χ3n) is 8.59. The average molecular weight is 594 g/mol. The lowest BCUT2D eigenvalue weighted by Crippen LogP contribution is -2.59. The van der Waals surface area contributed by atoms with Gasteiger partial charge in [0, 0.05) is 42.5 Å². The molecule has 1 aliphatic carbocycles. The highest BCUT2D eigenvalue weighted by Crippen LogP contribution is 2.36. The van der Waals surface area contributed by atoms with Crippen LogP contribution in [-0.2, 0) is 0 Å². The molecule has 2 aliphatic heterocycles. The minimum atomic E-state index is -1.08. The summed E-state index contributed by atoms with van der Waals surface area (Å²) in [4.78, 5) is 43.4. The van der Waals surface area contributed by atoms with E-state index in [1.165, 1.54) is 12.3 Å². The molecule has 3 heterocycles. The zero-order valence-corrected chi connectivity index (χ0v) is 23.6. The maximum Gasteiger partial charge on any atom is 0.404 e. The van der Waals surface area contributed by atoms with E-state index in [0.717, 1.165) is 47.1 Å². The number of anilines is 1. The predicted octanol–water partition coefficient (Wildman–Crippen LogP) is 3.22. The van der Waals surface area contributed by atoms with Gasteiger partial charge in [0.05, 0.1) is 6.04 Å². The molecular formula is C30H33F2N7O4. The first-order valence-electron chi connectivity index (χ1n) is 14.4. The number of hydrogen-bond acceptors (Lipinski definition) is 7. The zero-order valence-electron chi connectivity index (χ0n) is 23.6. The number of carboxylic acid groups (broad SMARTS) is 1. The quantitative estimate of drug-likeness (QED) is 0.294. The van der Waals surface area contributed by atoms with E-state index in [0.29, 0.717) is 37.1 Å². The summed E-state index contributed by atoms with van der Waals surface area (Å²) in [6.07, 6.45) is 3.78. The van der Waals surface area contributed by atoms with E-state index in [9.17, 15) is 14.4 Å². The van der Waals surface area contributed by atoms with Crippen molar-refractivity contribution in [1.29, 1.82) is 0 Å². The van der Waals surface area contributed by atoms with Crippen LogP contribution in [0, 0.1) is 18.6 Å². The molecule has 226 valence electrons. The van der Waals surface area contributed by atoms with E-state index >= 15 is 8.78 Å². The molecule has 2 aromatic carbocycles. The van der Waals surface area contributed by atoms with Crippen molar-refractivity contribution in [3.63, 3.8) is 0 Å². The highest BCUT2D eigenvalue weighted by Gasteiger charge is 2.36. The molecule has 3 aliphatic rings. The van der Waals surface area contributed by atoms with E-state index in [4.69, 9.17) is 5.11 Å². The Morgan fingerprint density at radius 1 is 1.00 bits per heavy atom. The number of nitrogens with zero attached hydrogens (tertiary/aromatic N) is 3. The van der Waals surface area contributed by atoms with Gasteiger partial charge in [-0.3, -0.25) is 15.0 Å². The van der Waals surface area contributed by atoms with Crippen molar-refractivity contribution in [1.82, 2.24) is 30.4 Å². The molecule has 1 saturated carbocycles. The molecule has 43 heavy (non-hydrogen) atoms. The summed E-state index contributed by atoms with van der Waals surface area (Å²) in [7, 11) is 0. The molecule has 13 heteroatoms. The molecule has 5 N–H and O–H groups in total. The Kier molecular flexibility index (Phi) is 7.84. The van der Waals surface area contributed by atoms with Crippen LogP contribution in [0.3, 0.4) is 0 Å². The Morgan fingerprint density at radius 3 is 2.35 bits per heavy atom. The van der Waals surface area contributed by atoms with E-state index < -0.39 is 41.4 Å². The van der Waals surface area contributed by atoms with Crippen molar-refractivity contribution in [2.24, 2.45) is 0 Å². The number of rotatable bonds is 6. The summed E-state index contributed by atoms with van der Waals surface area (Å²) in [6, 6.07) is 8.14. The van der Waals surface area contributed by atoms with Gasteiger partial charge in [-0.25, -0.2) is 27.9 Å². The Bertz CT molecular complexity index is 1600. The summed E-state index contributed by atoms with van der Waals surface area (Å²) in [5.41, 5.74) is 1.16. The molecule has 1 saturated heterocycles. The number of piperidine rings is 1. The van der Waals surface area contributed by atoms with Crippen LogP contribution >= 0.6 is 0 Å². The SMILES string of the molecule is Cc1ccc(C(=O)NC2CCC2)cc1C1NC(N2CCC(NC(=O)O)CC2)Nc2c1cnc(=O)n2-c1c(F)cccc1F. The first-order valence-corrected chi connectivity index (χ1v) is 14.4. The van der Waals surface area contributed by atoms with Crippen molar-refractivity contribution in [3.8, 4) is 5.69 Å². The van der Waals surface area contributed by atoms with Crippen molar-refractivity contribution in [3.05, 3.63) is 87.0 Å². The van der Waals surface area contributed by atoms with Crippen LogP contribution in [0.2, 0.25) is 0 Å². The normalized spacial score (nSPS) is 20.9.